The Bertz CT molecular complexity index is 376. The van der Waals surface area contributed by atoms with Gasteiger partial charge in [-0.3, -0.25) is 9.59 Å². The van der Waals surface area contributed by atoms with Gasteiger partial charge in [-0.15, -0.1) is 11.3 Å². The number of Topliss-reactive ketones (excluding diaryl/α,β-unsaturated/α-hetero) is 1. The Morgan fingerprint density at radius 3 is 2.78 bits per heavy atom. The zero-order valence-corrected chi connectivity index (χ0v) is 11.6. The monoisotopic (exact) mass is 269 g/mol. The van der Waals surface area contributed by atoms with Gasteiger partial charge in [0.2, 0.25) is 0 Å². The zero-order valence-electron chi connectivity index (χ0n) is 10.8. The van der Waals surface area contributed by atoms with Crippen molar-refractivity contribution in [3.8, 4) is 0 Å². The van der Waals surface area contributed by atoms with E-state index in [1.807, 2.05) is 18.4 Å². The standard InChI is InChI=1S/C13H19NO3S/c1-3-7-14-10(9-12(15)17-4-2)13(16)11-6-5-8-18-11/h5-6,8,10,14H,3-4,7,9H2,1-2H3. The molecule has 100 valence electrons. The molecule has 0 spiro atoms. The highest BCUT2D eigenvalue weighted by Crippen LogP contribution is 2.13. The fourth-order valence-corrected chi connectivity index (χ4v) is 2.27. The van der Waals surface area contributed by atoms with Crippen LogP contribution < -0.4 is 5.32 Å². The van der Waals surface area contributed by atoms with Gasteiger partial charge in [-0.2, -0.15) is 0 Å². The minimum Gasteiger partial charge on any atom is -0.466 e. The summed E-state index contributed by atoms with van der Waals surface area (Å²) >= 11 is 1.39. The van der Waals surface area contributed by atoms with Crippen molar-refractivity contribution in [1.82, 2.24) is 5.32 Å². The summed E-state index contributed by atoms with van der Waals surface area (Å²) in [6, 6.07) is 3.13. The number of ketones is 1. The fraction of sp³-hybridized carbons (Fsp3) is 0.538. The largest absolute Gasteiger partial charge is 0.466 e. The van der Waals surface area contributed by atoms with Crippen LogP contribution in [0.3, 0.4) is 0 Å². The third kappa shape index (κ3) is 4.58. The molecule has 1 aromatic heterocycles. The Kier molecular flexibility index (Phi) is 6.60. The van der Waals surface area contributed by atoms with Crippen molar-refractivity contribution < 1.29 is 14.3 Å². The van der Waals surface area contributed by atoms with Gasteiger partial charge in [0.05, 0.1) is 23.9 Å². The molecule has 0 aromatic carbocycles. The van der Waals surface area contributed by atoms with Gasteiger partial charge in [-0.05, 0) is 31.3 Å². The average molecular weight is 269 g/mol. The highest BCUT2D eigenvalue weighted by atomic mass is 32.1. The molecule has 0 radical (unpaired) electrons. The number of ether oxygens (including phenoxy) is 1. The number of esters is 1. The molecule has 1 rings (SSSR count). The first kappa shape index (κ1) is 14.9. The van der Waals surface area contributed by atoms with E-state index >= 15 is 0 Å². The first-order chi connectivity index (χ1) is 8.69. The number of carbonyl (C=O) groups is 2. The molecule has 0 saturated heterocycles. The quantitative estimate of drug-likeness (QED) is 0.581. The van der Waals surface area contributed by atoms with Gasteiger partial charge < -0.3 is 10.1 Å². The molecular weight excluding hydrogens is 250 g/mol. The predicted molar refractivity (Wildman–Crippen MR) is 72.0 cm³/mol. The smallest absolute Gasteiger partial charge is 0.307 e. The van der Waals surface area contributed by atoms with E-state index in [0.29, 0.717) is 18.0 Å². The summed E-state index contributed by atoms with van der Waals surface area (Å²) in [5.74, 6) is -0.373. The molecule has 1 heterocycles. The van der Waals surface area contributed by atoms with E-state index in [-0.39, 0.29) is 18.2 Å². The Balaban J connectivity index is 2.65. The molecule has 0 saturated carbocycles. The maximum Gasteiger partial charge on any atom is 0.307 e. The molecule has 4 nitrogen and oxygen atoms in total. The first-order valence-corrected chi connectivity index (χ1v) is 7.03. The minimum atomic E-state index is -0.484. The molecule has 1 N–H and O–H groups in total. The van der Waals surface area contributed by atoms with Crippen LogP contribution in [0, 0.1) is 0 Å². The fourth-order valence-electron chi connectivity index (χ4n) is 1.55. The van der Waals surface area contributed by atoms with E-state index in [2.05, 4.69) is 5.32 Å². The van der Waals surface area contributed by atoms with E-state index in [4.69, 9.17) is 4.74 Å². The second-order valence-electron chi connectivity index (χ2n) is 3.86. The summed E-state index contributed by atoms with van der Waals surface area (Å²) < 4.78 is 4.89. The van der Waals surface area contributed by atoms with Crippen molar-refractivity contribution in [2.24, 2.45) is 0 Å². The van der Waals surface area contributed by atoms with E-state index in [1.165, 1.54) is 11.3 Å². The Morgan fingerprint density at radius 1 is 1.44 bits per heavy atom. The number of thiophene rings is 1. The third-order valence-corrected chi connectivity index (χ3v) is 3.28. The maximum absolute atomic E-state index is 12.2. The van der Waals surface area contributed by atoms with Crippen LogP contribution in [-0.2, 0) is 9.53 Å². The lowest BCUT2D eigenvalue weighted by molar-refractivity contribution is -0.143. The average Bonchev–Trinajstić information content (AvgIpc) is 2.87. The topological polar surface area (TPSA) is 55.4 Å². The Morgan fingerprint density at radius 2 is 2.22 bits per heavy atom. The van der Waals surface area contributed by atoms with Gasteiger partial charge in [0.15, 0.2) is 5.78 Å². The maximum atomic E-state index is 12.2. The predicted octanol–water partition coefficient (Wildman–Crippen LogP) is 2.25. The summed E-state index contributed by atoms with van der Waals surface area (Å²) in [6.07, 6.45) is 1.00. The van der Waals surface area contributed by atoms with Crippen LogP contribution >= 0.6 is 11.3 Å². The van der Waals surface area contributed by atoms with E-state index in [0.717, 1.165) is 6.42 Å². The molecule has 18 heavy (non-hydrogen) atoms. The number of rotatable bonds is 8. The van der Waals surface area contributed by atoms with Gasteiger partial charge >= 0.3 is 5.97 Å². The Hall–Kier alpha value is -1.20. The molecule has 1 aromatic rings. The number of hydrogen-bond donors (Lipinski definition) is 1. The van der Waals surface area contributed by atoms with Gasteiger partial charge in [0.25, 0.3) is 0 Å². The van der Waals surface area contributed by atoms with Gasteiger partial charge in [0, 0.05) is 0 Å². The molecule has 0 bridgehead atoms. The summed E-state index contributed by atoms with van der Waals surface area (Å²) in [5.41, 5.74) is 0. The lowest BCUT2D eigenvalue weighted by Crippen LogP contribution is -2.39. The molecule has 5 heteroatoms. The highest BCUT2D eigenvalue weighted by Gasteiger charge is 2.23. The van der Waals surface area contributed by atoms with E-state index < -0.39 is 6.04 Å². The summed E-state index contributed by atoms with van der Waals surface area (Å²) in [5, 5.41) is 4.96. The second-order valence-corrected chi connectivity index (χ2v) is 4.81. The number of nitrogens with one attached hydrogen (secondary N) is 1. The van der Waals surface area contributed by atoms with Crippen molar-refractivity contribution in [3.63, 3.8) is 0 Å². The second kappa shape index (κ2) is 8.00. The number of carbonyl (C=O) groups excluding carboxylic acids is 2. The summed E-state index contributed by atoms with van der Waals surface area (Å²) in [7, 11) is 0. The van der Waals surface area contributed by atoms with E-state index in [9.17, 15) is 9.59 Å². The summed E-state index contributed by atoms with van der Waals surface area (Å²) in [6.45, 7) is 4.82. The van der Waals surface area contributed by atoms with Crippen LogP contribution in [0.5, 0.6) is 0 Å². The summed E-state index contributed by atoms with van der Waals surface area (Å²) in [4.78, 5) is 24.3. The van der Waals surface area contributed by atoms with Crippen molar-refractivity contribution in [2.45, 2.75) is 32.7 Å². The molecule has 1 unspecified atom stereocenters. The molecular formula is C13H19NO3S. The van der Waals surface area contributed by atoms with Crippen molar-refractivity contribution >= 4 is 23.1 Å². The molecule has 0 aliphatic rings. The molecule has 0 aliphatic carbocycles. The normalized spacial score (nSPS) is 12.1. The van der Waals surface area contributed by atoms with Crippen LogP contribution in [0.25, 0.3) is 0 Å². The van der Waals surface area contributed by atoms with Crippen molar-refractivity contribution in [1.29, 1.82) is 0 Å². The van der Waals surface area contributed by atoms with Gasteiger partial charge in [-0.1, -0.05) is 13.0 Å². The highest BCUT2D eigenvalue weighted by molar-refractivity contribution is 7.12. The number of hydrogen-bond acceptors (Lipinski definition) is 5. The first-order valence-electron chi connectivity index (χ1n) is 6.15. The van der Waals surface area contributed by atoms with Gasteiger partial charge in [-0.25, -0.2) is 0 Å². The molecule has 0 fully saturated rings. The molecule has 0 aliphatic heterocycles. The molecule has 0 amide bonds. The third-order valence-electron chi connectivity index (χ3n) is 2.40. The lowest BCUT2D eigenvalue weighted by atomic mass is 10.1. The zero-order chi connectivity index (χ0) is 13.4. The van der Waals surface area contributed by atoms with E-state index in [1.54, 1.807) is 13.0 Å². The van der Waals surface area contributed by atoms with Crippen LogP contribution in [0.1, 0.15) is 36.4 Å². The van der Waals surface area contributed by atoms with Gasteiger partial charge in [0.1, 0.15) is 0 Å². The van der Waals surface area contributed by atoms with Crippen LogP contribution in [-0.4, -0.2) is 30.9 Å². The van der Waals surface area contributed by atoms with Crippen molar-refractivity contribution in [3.05, 3.63) is 22.4 Å². The minimum absolute atomic E-state index is 0.0356. The lowest BCUT2D eigenvalue weighted by Gasteiger charge is -2.15. The molecule has 1 atom stereocenters. The SMILES string of the molecule is CCCNC(CC(=O)OCC)C(=O)c1cccs1. The van der Waals surface area contributed by atoms with Crippen LogP contribution in [0.4, 0.5) is 0 Å². The van der Waals surface area contributed by atoms with Crippen LogP contribution in [0.2, 0.25) is 0 Å². The Labute approximate surface area is 111 Å². The van der Waals surface area contributed by atoms with Crippen molar-refractivity contribution in [2.75, 3.05) is 13.2 Å². The van der Waals surface area contributed by atoms with Crippen LogP contribution in [0.15, 0.2) is 17.5 Å².